The number of para-hydroxylation sites is 4. The average molecular weight is 587 g/mol. The zero-order chi connectivity index (χ0) is 29.9. The van der Waals surface area contributed by atoms with Crippen LogP contribution >= 0.6 is 0 Å². The first-order valence-corrected chi connectivity index (χ1v) is 14.6. The van der Waals surface area contributed by atoms with Crippen LogP contribution in [0.1, 0.15) is 23.2 Å². The van der Waals surface area contributed by atoms with Gasteiger partial charge in [-0.1, -0.05) is 84.6 Å². The number of benzene rings is 4. The quantitative estimate of drug-likeness (QED) is 0.252. The molecule has 0 spiro atoms. The molecule has 2 fully saturated rings. The van der Waals surface area contributed by atoms with Gasteiger partial charge in [0.2, 0.25) is 12.2 Å². The zero-order valence-electron chi connectivity index (χ0n) is 23.9. The maximum Gasteiger partial charge on any atom is 0.267 e. The Bertz CT molecular complexity index is 1590. The molecule has 44 heavy (non-hydrogen) atoms. The first-order valence-electron chi connectivity index (χ1n) is 14.6. The molecule has 0 aromatic heterocycles. The molecule has 3 aliphatic rings. The van der Waals surface area contributed by atoms with Crippen molar-refractivity contribution in [3.05, 3.63) is 120 Å². The highest BCUT2D eigenvalue weighted by Crippen LogP contribution is 2.43. The van der Waals surface area contributed by atoms with Crippen LogP contribution in [0.4, 0.5) is 0 Å². The van der Waals surface area contributed by atoms with Crippen LogP contribution in [0.25, 0.3) is 0 Å². The van der Waals surface area contributed by atoms with E-state index < -0.39 is 24.3 Å². The largest absolute Gasteiger partial charge is 0.490 e. The van der Waals surface area contributed by atoms with Crippen molar-refractivity contribution in [1.29, 1.82) is 0 Å². The topological polar surface area (TPSA) is 77.5 Å². The van der Waals surface area contributed by atoms with Gasteiger partial charge in [-0.3, -0.25) is 9.59 Å². The fourth-order valence-electron chi connectivity index (χ4n) is 5.87. The van der Waals surface area contributed by atoms with E-state index in [1.807, 2.05) is 109 Å². The van der Waals surface area contributed by atoms with Crippen LogP contribution in [0.2, 0.25) is 0 Å². The standard InChI is InChI=1S/C36H30N2O6/c39-35-33(43-25-13-3-1-4-14-25)31-27-17-7-9-19-29(27)41-23-24-42-30-20-10-8-18-28(30)32-34(44-26-15-5-2-6-16-26)36(40)38(32)22-12-11-21-37(31)35/h1-10,13-20,31-34H,21-24H2/t31-,32-,33+,34+/m0/s1. The lowest BCUT2D eigenvalue weighted by Gasteiger charge is -2.46. The van der Waals surface area contributed by atoms with E-state index in [-0.39, 0.29) is 38.1 Å². The minimum atomic E-state index is -0.719. The second kappa shape index (κ2) is 12.1. The molecule has 0 unspecified atom stereocenters. The van der Waals surface area contributed by atoms with Crippen molar-refractivity contribution < 1.29 is 28.5 Å². The molecule has 8 nitrogen and oxygen atoms in total. The van der Waals surface area contributed by atoms with Gasteiger partial charge in [0.1, 0.15) is 48.3 Å². The maximum absolute atomic E-state index is 13.4. The lowest BCUT2D eigenvalue weighted by atomic mass is 9.89. The van der Waals surface area contributed by atoms with Crippen LogP contribution in [0.5, 0.6) is 23.0 Å². The molecule has 4 atom stereocenters. The Morgan fingerprint density at radius 2 is 0.932 bits per heavy atom. The molecule has 4 aromatic carbocycles. The van der Waals surface area contributed by atoms with E-state index in [1.165, 1.54) is 0 Å². The van der Waals surface area contributed by atoms with Crippen LogP contribution in [0.15, 0.2) is 109 Å². The summed E-state index contributed by atoms with van der Waals surface area (Å²) in [5.74, 6) is 8.48. The minimum absolute atomic E-state index is 0.157. The van der Waals surface area contributed by atoms with Gasteiger partial charge in [0.15, 0.2) is 0 Å². The Morgan fingerprint density at radius 3 is 1.36 bits per heavy atom. The number of carbonyl (C=O) groups excluding carboxylic acids is 2. The van der Waals surface area contributed by atoms with Crippen LogP contribution in [-0.4, -0.2) is 60.1 Å². The molecule has 4 aromatic rings. The van der Waals surface area contributed by atoms with Gasteiger partial charge in [-0.2, -0.15) is 0 Å². The number of rotatable bonds is 4. The summed E-state index contributed by atoms with van der Waals surface area (Å²) >= 11 is 0. The Labute approximate surface area is 255 Å². The lowest BCUT2D eigenvalue weighted by Crippen LogP contribution is -2.61. The van der Waals surface area contributed by atoms with Crippen molar-refractivity contribution in [3.63, 3.8) is 0 Å². The third kappa shape index (κ3) is 5.18. The first kappa shape index (κ1) is 27.4. The Hall–Kier alpha value is -5.42. The van der Waals surface area contributed by atoms with E-state index in [2.05, 4.69) is 11.8 Å². The van der Waals surface area contributed by atoms with E-state index in [9.17, 15) is 9.59 Å². The van der Waals surface area contributed by atoms with Crippen LogP contribution in [0, 0.1) is 11.8 Å². The van der Waals surface area contributed by atoms with E-state index in [4.69, 9.17) is 18.9 Å². The summed E-state index contributed by atoms with van der Waals surface area (Å²) in [6.07, 6.45) is -1.44. The van der Waals surface area contributed by atoms with Crippen LogP contribution < -0.4 is 18.9 Å². The van der Waals surface area contributed by atoms with Crippen LogP contribution in [-0.2, 0) is 9.59 Å². The van der Waals surface area contributed by atoms with Crippen molar-refractivity contribution >= 4 is 11.8 Å². The molecule has 7 rings (SSSR count). The normalized spacial score (nSPS) is 22.5. The molecule has 0 radical (unpaired) electrons. The number of fused-ring (bicyclic) bond motifs is 6. The van der Waals surface area contributed by atoms with Gasteiger partial charge >= 0.3 is 0 Å². The van der Waals surface area contributed by atoms with Gasteiger partial charge in [0.05, 0.1) is 13.1 Å². The number of amides is 2. The number of ether oxygens (including phenoxy) is 4. The summed E-state index contributed by atoms with van der Waals surface area (Å²) < 4.78 is 24.8. The number of hydrogen-bond acceptors (Lipinski definition) is 6. The van der Waals surface area contributed by atoms with E-state index in [0.717, 1.165) is 11.1 Å². The van der Waals surface area contributed by atoms with Gasteiger partial charge in [0.25, 0.3) is 11.8 Å². The van der Waals surface area contributed by atoms with E-state index in [1.54, 1.807) is 9.80 Å². The fourth-order valence-corrected chi connectivity index (χ4v) is 5.87. The lowest BCUT2D eigenvalue weighted by molar-refractivity contribution is -0.163. The predicted octanol–water partition coefficient (Wildman–Crippen LogP) is 4.82. The Kier molecular flexibility index (Phi) is 7.51. The molecular weight excluding hydrogens is 556 g/mol. The summed E-state index contributed by atoms with van der Waals surface area (Å²) in [7, 11) is 0. The molecule has 0 saturated carbocycles. The molecule has 0 N–H and O–H groups in total. The van der Waals surface area contributed by atoms with Crippen molar-refractivity contribution in [1.82, 2.24) is 9.80 Å². The highest BCUT2D eigenvalue weighted by molar-refractivity contribution is 5.90. The smallest absolute Gasteiger partial charge is 0.267 e. The van der Waals surface area contributed by atoms with Gasteiger partial charge in [-0.25, -0.2) is 0 Å². The molecule has 2 saturated heterocycles. The Morgan fingerprint density at radius 1 is 0.545 bits per heavy atom. The molecule has 0 aliphatic carbocycles. The summed E-state index contributed by atoms with van der Waals surface area (Å²) in [5, 5.41) is 0. The molecule has 220 valence electrons. The second-order valence-corrected chi connectivity index (χ2v) is 10.7. The van der Waals surface area contributed by atoms with Crippen LogP contribution in [0.3, 0.4) is 0 Å². The SMILES string of the molecule is O=C1[C@H](Oc2ccccc2)[C@@H]2c3ccccc3OCCOc3ccccc3[C@H]3[C@@H](Oc4ccccc4)C(=O)N3CC#CCN12. The van der Waals surface area contributed by atoms with E-state index >= 15 is 0 Å². The van der Waals surface area contributed by atoms with Gasteiger partial charge in [0, 0.05) is 11.1 Å². The van der Waals surface area contributed by atoms with E-state index in [0.29, 0.717) is 23.0 Å². The van der Waals surface area contributed by atoms with Crippen molar-refractivity contribution in [2.45, 2.75) is 24.3 Å². The Balaban J connectivity index is 1.19. The highest BCUT2D eigenvalue weighted by Gasteiger charge is 2.52. The van der Waals surface area contributed by atoms with Crippen molar-refractivity contribution in [2.24, 2.45) is 0 Å². The number of nitrogens with zero attached hydrogens (tertiary/aromatic N) is 2. The third-order valence-electron chi connectivity index (χ3n) is 8.01. The summed E-state index contributed by atoms with van der Waals surface area (Å²) in [6.45, 7) is 0.909. The summed E-state index contributed by atoms with van der Waals surface area (Å²) in [6, 6.07) is 33.1. The zero-order valence-corrected chi connectivity index (χ0v) is 23.9. The number of hydrogen-bond donors (Lipinski definition) is 0. The van der Waals surface area contributed by atoms with Gasteiger partial charge < -0.3 is 28.7 Å². The summed E-state index contributed by atoms with van der Waals surface area (Å²) in [5.41, 5.74) is 1.67. The number of carbonyl (C=O) groups is 2. The highest BCUT2D eigenvalue weighted by atomic mass is 16.5. The monoisotopic (exact) mass is 586 g/mol. The molecule has 3 heterocycles. The average Bonchev–Trinajstić information content (AvgIpc) is 3.07. The summed E-state index contributed by atoms with van der Waals surface area (Å²) in [4.78, 5) is 30.1. The molecule has 3 aliphatic heterocycles. The third-order valence-corrected chi connectivity index (χ3v) is 8.01. The second-order valence-electron chi connectivity index (χ2n) is 10.7. The molecule has 8 heteroatoms. The minimum Gasteiger partial charge on any atom is -0.490 e. The first-order chi connectivity index (χ1) is 21.7. The fraction of sp³-hybridized carbons (Fsp3) is 0.222. The molecular formula is C36H30N2O6. The molecule has 2 amide bonds. The van der Waals surface area contributed by atoms with Gasteiger partial charge in [-0.15, -0.1) is 0 Å². The van der Waals surface area contributed by atoms with Crippen molar-refractivity contribution in [3.8, 4) is 34.8 Å². The predicted molar refractivity (Wildman–Crippen MR) is 162 cm³/mol. The van der Waals surface area contributed by atoms with Crippen molar-refractivity contribution in [2.75, 3.05) is 26.3 Å². The molecule has 0 bridgehead atoms. The van der Waals surface area contributed by atoms with Gasteiger partial charge in [-0.05, 0) is 36.4 Å². The number of β-lactam (4-membered cyclic amide) rings is 2. The maximum atomic E-state index is 13.4.